The second-order valence-electron chi connectivity index (χ2n) is 7.06. The van der Waals surface area contributed by atoms with Crippen molar-refractivity contribution in [3.8, 4) is 0 Å². The van der Waals surface area contributed by atoms with Crippen LogP contribution in [-0.4, -0.2) is 47.8 Å². The molecule has 0 aromatic carbocycles. The zero-order valence-electron chi connectivity index (χ0n) is 15.2. The van der Waals surface area contributed by atoms with E-state index >= 15 is 0 Å². The molecule has 1 aromatic rings. The Bertz CT molecular complexity index is 748. The Labute approximate surface area is 155 Å². The van der Waals surface area contributed by atoms with Crippen LogP contribution < -0.4 is 5.32 Å². The van der Waals surface area contributed by atoms with Gasteiger partial charge in [-0.15, -0.1) is 0 Å². The van der Waals surface area contributed by atoms with Crippen molar-refractivity contribution in [1.29, 1.82) is 0 Å². The SMILES string of the molecule is O=C(Cn1cnc(S(=O)(=O)N2CCCCC2)c1)NCCC1=CCCCC1. The highest BCUT2D eigenvalue weighted by atomic mass is 32.2. The number of hydrogen-bond acceptors (Lipinski definition) is 4. The molecule has 2 aliphatic rings. The molecule has 0 atom stereocenters. The number of imidazole rings is 1. The Balaban J connectivity index is 1.49. The number of piperidine rings is 1. The number of hydrogen-bond donors (Lipinski definition) is 1. The zero-order valence-corrected chi connectivity index (χ0v) is 16.0. The van der Waals surface area contributed by atoms with Crippen molar-refractivity contribution < 1.29 is 13.2 Å². The van der Waals surface area contributed by atoms with Gasteiger partial charge in [0.25, 0.3) is 10.0 Å². The molecule has 144 valence electrons. The Morgan fingerprint density at radius 1 is 1.15 bits per heavy atom. The molecule has 0 bridgehead atoms. The van der Waals surface area contributed by atoms with Gasteiger partial charge in [0.2, 0.25) is 5.91 Å². The molecule has 26 heavy (non-hydrogen) atoms. The molecule has 1 aliphatic carbocycles. The predicted molar refractivity (Wildman–Crippen MR) is 99.0 cm³/mol. The second kappa shape index (κ2) is 8.81. The number of amides is 1. The first-order valence-corrected chi connectivity index (χ1v) is 11.0. The quantitative estimate of drug-likeness (QED) is 0.734. The Hall–Kier alpha value is -1.67. The number of carbonyl (C=O) groups is 1. The van der Waals surface area contributed by atoms with Crippen molar-refractivity contribution in [2.45, 2.75) is 62.9 Å². The summed E-state index contributed by atoms with van der Waals surface area (Å²) in [5, 5.41) is 2.93. The molecule has 1 saturated heterocycles. The van der Waals surface area contributed by atoms with Crippen molar-refractivity contribution in [2.75, 3.05) is 19.6 Å². The van der Waals surface area contributed by atoms with Crippen molar-refractivity contribution in [1.82, 2.24) is 19.2 Å². The number of rotatable bonds is 7. The van der Waals surface area contributed by atoms with E-state index in [-0.39, 0.29) is 17.5 Å². The maximum Gasteiger partial charge on any atom is 0.262 e. The van der Waals surface area contributed by atoms with Crippen LogP contribution in [0.4, 0.5) is 0 Å². The summed E-state index contributed by atoms with van der Waals surface area (Å²) in [6, 6.07) is 0. The van der Waals surface area contributed by atoms with E-state index in [1.54, 1.807) is 0 Å². The number of nitrogens with one attached hydrogen (secondary N) is 1. The number of nitrogens with zero attached hydrogens (tertiary/aromatic N) is 3. The number of allylic oxidation sites excluding steroid dienone is 1. The molecule has 1 N–H and O–H groups in total. The van der Waals surface area contributed by atoms with Gasteiger partial charge < -0.3 is 9.88 Å². The van der Waals surface area contributed by atoms with Gasteiger partial charge in [-0.1, -0.05) is 18.1 Å². The van der Waals surface area contributed by atoms with E-state index < -0.39 is 10.0 Å². The van der Waals surface area contributed by atoms with Gasteiger partial charge in [0, 0.05) is 25.8 Å². The van der Waals surface area contributed by atoms with Gasteiger partial charge in [0.15, 0.2) is 5.03 Å². The molecule has 8 heteroatoms. The van der Waals surface area contributed by atoms with Crippen LogP contribution >= 0.6 is 0 Å². The molecule has 0 radical (unpaired) electrons. The van der Waals surface area contributed by atoms with E-state index in [0.717, 1.165) is 38.5 Å². The van der Waals surface area contributed by atoms with Gasteiger partial charge in [-0.2, -0.15) is 4.31 Å². The van der Waals surface area contributed by atoms with E-state index in [0.29, 0.717) is 19.6 Å². The predicted octanol–water partition coefficient (Wildman–Crippen LogP) is 2.06. The first kappa shape index (κ1) is 19.1. The molecule has 1 amide bonds. The van der Waals surface area contributed by atoms with Crippen LogP contribution in [0.5, 0.6) is 0 Å². The van der Waals surface area contributed by atoms with E-state index in [2.05, 4.69) is 16.4 Å². The van der Waals surface area contributed by atoms with Gasteiger partial charge in [-0.25, -0.2) is 13.4 Å². The first-order valence-electron chi connectivity index (χ1n) is 9.52. The summed E-state index contributed by atoms with van der Waals surface area (Å²) in [6.45, 7) is 1.80. The van der Waals surface area contributed by atoms with Gasteiger partial charge >= 0.3 is 0 Å². The van der Waals surface area contributed by atoms with Gasteiger partial charge in [-0.3, -0.25) is 4.79 Å². The Morgan fingerprint density at radius 3 is 2.69 bits per heavy atom. The molecule has 0 saturated carbocycles. The van der Waals surface area contributed by atoms with Crippen LogP contribution in [0.3, 0.4) is 0 Å². The van der Waals surface area contributed by atoms with Crippen LogP contribution in [0.1, 0.15) is 51.4 Å². The lowest BCUT2D eigenvalue weighted by Gasteiger charge is -2.24. The largest absolute Gasteiger partial charge is 0.354 e. The second-order valence-corrected chi connectivity index (χ2v) is 8.94. The highest BCUT2D eigenvalue weighted by Crippen LogP contribution is 2.20. The summed E-state index contributed by atoms with van der Waals surface area (Å²) >= 11 is 0. The fraction of sp³-hybridized carbons (Fsp3) is 0.667. The van der Waals surface area contributed by atoms with Gasteiger partial charge in [0.05, 0.1) is 6.33 Å². The normalized spacial score (nSPS) is 19.2. The van der Waals surface area contributed by atoms with Crippen molar-refractivity contribution in [3.05, 3.63) is 24.2 Å². The van der Waals surface area contributed by atoms with Crippen LogP contribution in [0.25, 0.3) is 0 Å². The summed E-state index contributed by atoms with van der Waals surface area (Å²) in [5.74, 6) is -0.124. The van der Waals surface area contributed by atoms with Crippen molar-refractivity contribution in [2.24, 2.45) is 0 Å². The lowest BCUT2D eigenvalue weighted by Crippen LogP contribution is -2.35. The van der Waals surface area contributed by atoms with Gasteiger partial charge in [0.1, 0.15) is 6.54 Å². The minimum Gasteiger partial charge on any atom is -0.354 e. The number of aromatic nitrogens is 2. The third kappa shape index (κ3) is 4.94. The maximum atomic E-state index is 12.6. The highest BCUT2D eigenvalue weighted by molar-refractivity contribution is 7.89. The molecule has 3 rings (SSSR count). The molecule has 1 fully saturated rings. The summed E-state index contributed by atoms with van der Waals surface area (Å²) < 4.78 is 28.2. The van der Waals surface area contributed by atoms with Crippen LogP contribution in [-0.2, 0) is 21.4 Å². The molecule has 7 nitrogen and oxygen atoms in total. The van der Waals surface area contributed by atoms with Crippen LogP contribution in [0.15, 0.2) is 29.2 Å². The number of sulfonamides is 1. The standard InChI is InChI=1S/C18H28N4O3S/c23-17(19-10-9-16-7-3-1-4-8-16)13-21-14-18(20-15-21)26(24,25)22-11-5-2-6-12-22/h7,14-15H,1-6,8-13H2,(H,19,23). The topological polar surface area (TPSA) is 84.3 Å². The summed E-state index contributed by atoms with van der Waals surface area (Å²) in [5.41, 5.74) is 1.43. The summed E-state index contributed by atoms with van der Waals surface area (Å²) in [4.78, 5) is 16.1. The van der Waals surface area contributed by atoms with E-state index in [1.807, 2.05) is 0 Å². The minimum atomic E-state index is -3.55. The molecular weight excluding hydrogens is 352 g/mol. The summed E-state index contributed by atoms with van der Waals surface area (Å²) in [7, 11) is -3.55. The Kier molecular flexibility index (Phi) is 6.48. The fourth-order valence-corrected chi connectivity index (χ4v) is 4.97. The van der Waals surface area contributed by atoms with Crippen molar-refractivity contribution in [3.63, 3.8) is 0 Å². The van der Waals surface area contributed by atoms with E-state index in [9.17, 15) is 13.2 Å². The smallest absolute Gasteiger partial charge is 0.262 e. The zero-order chi connectivity index (χ0) is 18.4. The average Bonchev–Trinajstić information content (AvgIpc) is 3.12. The lowest BCUT2D eigenvalue weighted by atomic mass is 9.97. The molecule has 1 aromatic heterocycles. The van der Waals surface area contributed by atoms with Gasteiger partial charge in [-0.05, 0) is 44.9 Å². The third-order valence-electron chi connectivity index (χ3n) is 5.01. The fourth-order valence-electron chi connectivity index (χ4n) is 3.51. The summed E-state index contributed by atoms with van der Waals surface area (Å²) in [6.07, 6.45) is 13.7. The van der Waals surface area contributed by atoms with E-state index in [4.69, 9.17) is 0 Å². The average molecular weight is 381 g/mol. The molecule has 1 aliphatic heterocycles. The molecular formula is C18H28N4O3S. The van der Waals surface area contributed by atoms with Crippen LogP contribution in [0, 0.1) is 0 Å². The highest BCUT2D eigenvalue weighted by Gasteiger charge is 2.28. The van der Waals surface area contributed by atoms with Crippen molar-refractivity contribution >= 4 is 15.9 Å². The van der Waals surface area contributed by atoms with Crippen LogP contribution in [0.2, 0.25) is 0 Å². The third-order valence-corrected chi connectivity index (χ3v) is 6.79. The number of carbonyl (C=O) groups excluding carboxylic acids is 1. The van der Waals surface area contributed by atoms with E-state index in [1.165, 1.54) is 39.8 Å². The Morgan fingerprint density at radius 2 is 1.96 bits per heavy atom. The first-order chi connectivity index (χ1) is 12.6. The lowest BCUT2D eigenvalue weighted by molar-refractivity contribution is -0.121. The molecule has 0 unspecified atom stereocenters. The maximum absolute atomic E-state index is 12.6. The molecule has 0 spiro atoms. The monoisotopic (exact) mass is 380 g/mol. The minimum absolute atomic E-state index is 0.0274. The molecule has 2 heterocycles.